The Morgan fingerprint density at radius 1 is 1.03 bits per heavy atom. The number of halogens is 1. The van der Waals surface area contributed by atoms with Gasteiger partial charge in [-0.3, -0.25) is 4.79 Å². The second kappa shape index (κ2) is 8.65. The summed E-state index contributed by atoms with van der Waals surface area (Å²) in [6.45, 7) is 9.93. The van der Waals surface area contributed by atoms with Gasteiger partial charge >= 0.3 is 6.16 Å². The molecule has 0 N–H and O–H groups in total. The number of benzene rings is 2. The smallest absolute Gasteiger partial charge is 0.434 e. The molecule has 0 aliphatic heterocycles. The predicted octanol–water partition coefficient (Wildman–Crippen LogP) is 6.90. The summed E-state index contributed by atoms with van der Waals surface area (Å²) in [4.78, 5) is 25.2. The third-order valence-electron chi connectivity index (χ3n) is 5.30. The van der Waals surface area contributed by atoms with Crippen LogP contribution in [-0.2, 0) is 14.3 Å². The molecule has 0 aromatic heterocycles. The minimum atomic E-state index is -0.779. The maximum Gasteiger partial charge on any atom is 0.513 e. The van der Waals surface area contributed by atoms with Crippen molar-refractivity contribution in [3.05, 3.63) is 63.9 Å². The molecule has 1 aliphatic rings. The molecular formula is C25H27ClO4. The maximum atomic E-state index is 13.2. The standard InChI is InChI=1S/C25H27ClO4/c1-6-29-24(28)30-22-14-25(4,5)13-21(27)23(22)20-12-19(15(2)11-16(20)3)17-7-9-18(26)10-8-17/h7-12H,6,13-14H2,1-5H3. The van der Waals surface area contributed by atoms with E-state index in [1.807, 2.05) is 58.0 Å². The largest absolute Gasteiger partial charge is 0.513 e. The zero-order valence-electron chi connectivity index (χ0n) is 18.1. The van der Waals surface area contributed by atoms with E-state index in [-0.39, 0.29) is 17.8 Å². The summed E-state index contributed by atoms with van der Waals surface area (Å²) in [6.07, 6.45) is 0.0937. The normalized spacial score (nSPS) is 15.9. The Morgan fingerprint density at radius 2 is 1.67 bits per heavy atom. The second-order valence-corrected chi connectivity index (χ2v) is 8.95. The highest BCUT2D eigenvalue weighted by molar-refractivity contribution is 6.30. The van der Waals surface area contributed by atoms with Crippen LogP contribution in [0.1, 0.15) is 50.3 Å². The van der Waals surface area contributed by atoms with Crippen molar-refractivity contribution in [1.29, 1.82) is 0 Å². The zero-order valence-corrected chi connectivity index (χ0v) is 18.9. The fraction of sp³-hybridized carbons (Fsp3) is 0.360. The van der Waals surface area contributed by atoms with Gasteiger partial charge in [0.25, 0.3) is 0 Å². The van der Waals surface area contributed by atoms with E-state index >= 15 is 0 Å². The van der Waals surface area contributed by atoms with Crippen LogP contribution in [0.25, 0.3) is 16.7 Å². The highest BCUT2D eigenvalue weighted by Crippen LogP contribution is 2.43. The molecule has 0 saturated heterocycles. The third-order valence-corrected chi connectivity index (χ3v) is 5.55. The highest BCUT2D eigenvalue weighted by atomic mass is 35.5. The van der Waals surface area contributed by atoms with Crippen LogP contribution in [-0.4, -0.2) is 18.5 Å². The van der Waals surface area contributed by atoms with Crippen LogP contribution in [0, 0.1) is 19.3 Å². The van der Waals surface area contributed by atoms with Gasteiger partial charge in [0.15, 0.2) is 5.78 Å². The number of carbonyl (C=O) groups is 2. The summed E-state index contributed by atoms with van der Waals surface area (Å²) in [7, 11) is 0. The average molecular weight is 427 g/mol. The maximum absolute atomic E-state index is 13.2. The molecule has 2 aromatic rings. The van der Waals surface area contributed by atoms with Gasteiger partial charge < -0.3 is 9.47 Å². The number of allylic oxidation sites excluding steroid dienone is 2. The quantitative estimate of drug-likeness (QED) is 0.499. The SMILES string of the molecule is CCOC(=O)OC1=C(c2cc(-c3ccc(Cl)cc3)c(C)cc2C)C(=O)CC(C)(C)C1. The summed E-state index contributed by atoms with van der Waals surface area (Å²) in [6, 6.07) is 11.7. The molecule has 0 heterocycles. The molecule has 30 heavy (non-hydrogen) atoms. The van der Waals surface area contributed by atoms with Gasteiger partial charge in [-0.2, -0.15) is 0 Å². The summed E-state index contributed by atoms with van der Waals surface area (Å²) >= 11 is 6.04. The van der Waals surface area contributed by atoms with Crippen LogP contribution in [0.4, 0.5) is 4.79 Å². The lowest BCUT2D eigenvalue weighted by Crippen LogP contribution is -2.27. The number of ether oxygens (including phenoxy) is 2. The molecule has 3 rings (SSSR count). The molecule has 5 heteroatoms. The van der Waals surface area contributed by atoms with Crippen molar-refractivity contribution < 1.29 is 19.1 Å². The summed E-state index contributed by atoms with van der Waals surface area (Å²) in [5.41, 5.74) is 5.03. The predicted molar refractivity (Wildman–Crippen MR) is 119 cm³/mol. The number of ketones is 1. The third kappa shape index (κ3) is 4.76. The van der Waals surface area contributed by atoms with Gasteiger partial charge in [-0.15, -0.1) is 0 Å². The number of carbonyl (C=O) groups excluding carboxylic acids is 2. The van der Waals surface area contributed by atoms with E-state index < -0.39 is 6.16 Å². The molecule has 1 aliphatic carbocycles. The van der Waals surface area contributed by atoms with E-state index in [0.29, 0.717) is 29.2 Å². The molecule has 4 nitrogen and oxygen atoms in total. The van der Waals surface area contributed by atoms with Crippen molar-refractivity contribution in [2.45, 2.75) is 47.5 Å². The lowest BCUT2D eigenvalue weighted by Gasteiger charge is -2.31. The van der Waals surface area contributed by atoms with Crippen LogP contribution in [0.15, 0.2) is 42.2 Å². The van der Waals surface area contributed by atoms with Crippen LogP contribution in [0.2, 0.25) is 5.02 Å². The molecule has 0 atom stereocenters. The first-order valence-electron chi connectivity index (χ1n) is 10.1. The summed E-state index contributed by atoms with van der Waals surface area (Å²) in [5, 5.41) is 0.668. The average Bonchev–Trinajstić information content (AvgIpc) is 2.63. The molecule has 0 spiro atoms. The van der Waals surface area contributed by atoms with Crippen molar-refractivity contribution in [3.8, 4) is 11.1 Å². The Morgan fingerprint density at radius 3 is 2.30 bits per heavy atom. The van der Waals surface area contributed by atoms with E-state index in [1.54, 1.807) is 6.92 Å². The fourth-order valence-electron chi connectivity index (χ4n) is 3.96. The Bertz CT molecular complexity index is 1020. The molecule has 0 unspecified atom stereocenters. The molecule has 0 radical (unpaired) electrons. The monoisotopic (exact) mass is 426 g/mol. The van der Waals surface area contributed by atoms with Gasteiger partial charge in [0.1, 0.15) is 5.76 Å². The first-order chi connectivity index (χ1) is 14.1. The van der Waals surface area contributed by atoms with Crippen molar-refractivity contribution in [3.63, 3.8) is 0 Å². The zero-order chi connectivity index (χ0) is 22.1. The molecule has 0 amide bonds. The molecule has 158 valence electrons. The number of hydrogen-bond donors (Lipinski definition) is 0. The molecule has 0 saturated carbocycles. The Kier molecular flexibility index (Phi) is 6.37. The van der Waals surface area contributed by atoms with Crippen LogP contribution in [0.3, 0.4) is 0 Å². The lowest BCUT2D eigenvalue weighted by molar-refractivity contribution is -0.116. The summed E-state index contributed by atoms with van der Waals surface area (Å²) < 4.78 is 10.5. The van der Waals surface area contributed by atoms with E-state index in [1.165, 1.54) is 0 Å². The minimum Gasteiger partial charge on any atom is -0.434 e. The fourth-order valence-corrected chi connectivity index (χ4v) is 4.09. The number of aryl methyl sites for hydroxylation is 2. The van der Waals surface area contributed by atoms with Gasteiger partial charge in [-0.1, -0.05) is 43.6 Å². The number of hydrogen-bond acceptors (Lipinski definition) is 4. The topological polar surface area (TPSA) is 52.6 Å². The van der Waals surface area contributed by atoms with Crippen LogP contribution >= 0.6 is 11.6 Å². The van der Waals surface area contributed by atoms with Crippen molar-refractivity contribution >= 4 is 29.1 Å². The highest BCUT2D eigenvalue weighted by Gasteiger charge is 2.36. The Hall–Kier alpha value is -2.59. The first-order valence-corrected chi connectivity index (χ1v) is 10.5. The Labute approximate surface area is 182 Å². The van der Waals surface area contributed by atoms with Gasteiger partial charge in [-0.25, -0.2) is 4.79 Å². The minimum absolute atomic E-state index is 0.0282. The second-order valence-electron chi connectivity index (χ2n) is 8.51. The van der Waals surface area contributed by atoms with E-state index in [2.05, 4.69) is 6.07 Å². The van der Waals surface area contributed by atoms with E-state index in [4.69, 9.17) is 21.1 Å². The van der Waals surface area contributed by atoms with Crippen molar-refractivity contribution in [2.24, 2.45) is 5.41 Å². The van der Waals surface area contributed by atoms with Gasteiger partial charge in [0, 0.05) is 17.9 Å². The number of rotatable bonds is 4. The molecular weight excluding hydrogens is 400 g/mol. The van der Waals surface area contributed by atoms with Crippen molar-refractivity contribution in [2.75, 3.05) is 6.61 Å². The van der Waals surface area contributed by atoms with Gasteiger partial charge in [0.2, 0.25) is 0 Å². The van der Waals surface area contributed by atoms with Gasteiger partial charge in [0.05, 0.1) is 12.2 Å². The molecule has 2 aromatic carbocycles. The van der Waals surface area contributed by atoms with E-state index in [0.717, 1.165) is 27.8 Å². The van der Waals surface area contributed by atoms with Gasteiger partial charge in [-0.05, 0) is 72.2 Å². The number of Topliss-reactive ketones (excluding diaryl/α,β-unsaturated/α-hetero) is 1. The van der Waals surface area contributed by atoms with Crippen LogP contribution < -0.4 is 0 Å². The van der Waals surface area contributed by atoms with Crippen LogP contribution in [0.5, 0.6) is 0 Å². The molecule has 0 fully saturated rings. The van der Waals surface area contributed by atoms with E-state index in [9.17, 15) is 9.59 Å². The summed E-state index contributed by atoms with van der Waals surface area (Å²) in [5.74, 6) is 0.350. The Balaban J connectivity index is 2.17. The van der Waals surface area contributed by atoms with Crippen molar-refractivity contribution in [1.82, 2.24) is 0 Å². The lowest BCUT2D eigenvalue weighted by atomic mass is 9.74. The first kappa shape index (κ1) is 22.1. The molecule has 0 bridgehead atoms.